The van der Waals surface area contributed by atoms with E-state index in [1.807, 2.05) is 68.4 Å². The Kier molecular flexibility index (Phi) is 6.08. The molecule has 0 atom stereocenters. The van der Waals surface area contributed by atoms with Crippen LogP contribution >= 0.6 is 39.0 Å². The van der Waals surface area contributed by atoms with Gasteiger partial charge in [0.2, 0.25) is 5.91 Å². The molecular formula is C22H18BrN3O2S2. The summed E-state index contributed by atoms with van der Waals surface area (Å²) < 4.78 is 2.54. The molecule has 0 radical (unpaired) electrons. The average molecular weight is 500 g/mol. The highest BCUT2D eigenvalue weighted by atomic mass is 79.9. The number of nitrogens with zero attached hydrogens (tertiary/aromatic N) is 2. The van der Waals surface area contributed by atoms with Crippen molar-refractivity contribution in [2.24, 2.45) is 0 Å². The van der Waals surface area contributed by atoms with Crippen LogP contribution in [0, 0.1) is 13.8 Å². The minimum absolute atomic E-state index is 0.108. The Labute approximate surface area is 190 Å². The number of carbonyl (C=O) groups excluding carboxylic acids is 1. The number of para-hydroxylation sites is 1. The first-order chi connectivity index (χ1) is 14.4. The number of benzene rings is 2. The zero-order chi connectivity index (χ0) is 21.3. The number of halogens is 1. The summed E-state index contributed by atoms with van der Waals surface area (Å²) >= 11 is 6.14. The predicted molar refractivity (Wildman–Crippen MR) is 128 cm³/mol. The van der Waals surface area contributed by atoms with E-state index in [1.54, 1.807) is 4.57 Å². The molecule has 4 aromatic rings. The summed E-state index contributed by atoms with van der Waals surface area (Å²) in [6, 6.07) is 16.8. The van der Waals surface area contributed by atoms with Gasteiger partial charge in [-0.1, -0.05) is 45.9 Å². The number of anilines is 1. The smallest absolute Gasteiger partial charge is 0.267 e. The van der Waals surface area contributed by atoms with Gasteiger partial charge in [0.05, 0.1) is 16.8 Å². The van der Waals surface area contributed by atoms with Crippen molar-refractivity contribution in [3.8, 4) is 5.69 Å². The Morgan fingerprint density at radius 1 is 1.13 bits per heavy atom. The number of amides is 1. The van der Waals surface area contributed by atoms with E-state index in [9.17, 15) is 9.59 Å². The molecule has 30 heavy (non-hydrogen) atoms. The highest BCUT2D eigenvalue weighted by Crippen LogP contribution is 2.29. The van der Waals surface area contributed by atoms with Gasteiger partial charge in [0, 0.05) is 15.0 Å². The van der Waals surface area contributed by atoms with Crippen molar-refractivity contribution in [2.45, 2.75) is 19.0 Å². The van der Waals surface area contributed by atoms with E-state index in [0.717, 1.165) is 26.3 Å². The Morgan fingerprint density at radius 2 is 1.83 bits per heavy atom. The lowest BCUT2D eigenvalue weighted by Crippen LogP contribution is -2.22. The number of fused-ring (bicyclic) bond motifs is 1. The number of hydrogen-bond donors (Lipinski definition) is 1. The first-order valence-electron chi connectivity index (χ1n) is 9.20. The van der Waals surface area contributed by atoms with Gasteiger partial charge < -0.3 is 5.32 Å². The van der Waals surface area contributed by atoms with Crippen LogP contribution in [0.4, 0.5) is 5.69 Å². The fourth-order valence-electron chi connectivity index (χ4n) is 3.04. The zero-order valence-corrected chi connectivity index (χ0v) is 19.5. The summed E-state index contributed by atoms with van der Waals surface area (Å²) in [6.07, 6.45) is 0. The van der Waals surface area contributed by atoms with E-state index in [-0.39, 0.29) is 17.2 Å². The van der Waals surface area contributed by atoms with Crippen molar-refractivity contribution in [1.82, 2.24) is 9.55 Å². The minimum atomic E-state index is -0.158. The maximum absolute atomic E-state index is 13.4. The minimum Gasteiger partial charge on any atom is -0.325 e. The first kappa shape index (κ1) is 20.8. The monoisotopic (exact) mass is 499 g/mol. The van der Waals surface area contributed by atoms with Crippen LogP contribution in [-0.2, 0) is 4.79 Å². The molecule has 0 aliphatic heterocycles. The van der Waals surface area contributed by atoms with E-state index in [1.165, 1.54) is 23.1 Å². The number of carbonyl (C=O) groups is 1. The molecule has 0 aliphatic rings. The molecule has 0 fully saturated rings. The van der Waals surface area contributed by atoms with Crippen molar-refractivity contribution >= 4 is 60.8 Å². The molecule has 0 saturated carbocycles. The topological polar surface area (TPSA) is 64.0 Å². The van der Waals surface area contributed by atoms with Gasteiger partial charge in [-0.2, -0.15) is 0 Å². The molecule has 4 rings (SSSR count). The van der Waals surface area contributed by atoms with Crippen LogP contribution in [0.1, 0.15) is 10.4 Å². The standard InChI is InChI=1S/C22H18BrN3O2S2/c1-13-14(2)30-20-19(13)21(28)26(17-6-4-3-5-7-17)22(25-20)29-12-18(27)24-16-10-8-15(23)9-11-16/h3-11H,12H2,1-2H3,(H,24,27). The van der Waals surface area contributed by atoms with Crippen LogP contribution in [0.5, 0.6) is 0 Å². The highest BCUT2D eigenvalue weighted by molar-refractivity contribution is 9.10. The summed E-state index contributed by atoms with van der Waals surface area (Å²) in [5.41, 5.74) is 2.30. The average Bonchev–Trinajstić information content (AvgIpc) is 3.02. The van der Waals surface area contributed by atoms with Gasteiger partial charge in [0.15, 0.2) is 5.16 Å². The van der Waals surface area contributed by atoms with Crippen molar-refractivity contribution in [1.29, 1.82) is 0 Å². The highest BCUT2D eigenvalue weighted by Gasteiger charge is 2.18. The lowest BCUT2D eigenvalue weighted by Gasteiger charge is -2.12. The lowest BCUT2D eigenvalue weighted by atomic mass is 10.2. The van der Waals surface area contributed by atoms with Crippen molar-refractivity contribution < 1.29 is 4.79 Å². The SMILES string of the molecule is Cc1sc2nc(SCC(=O)Nc3ccc(Br)cc3)n(-c3ccccc3)c(=O)c2c1C. The third kappa shape index (κ3) is 4.21. The second-order valence-electron chi connectivity index (χ2n) is 6.68. The van der Waals surface area contributed by atoms with E-state index < -0.39 is 0 Å². The molecule has 0 unspecified atom stereocenters. The quantitative estimate of drug-likeness (QED) is 0.288. The van der Waals surface area contributed by atoms with Gasteiger partial charge in [-0.05, 0) is 55.8 Å². The van der Waals surface area contributed by atoms with Crippen molar-refractivity contribution in [3.63, 3.8) is 0 Å². The second kappa shape index (κ2) is 8.75. The van der Waals surface area contributed by atoms with Gasteiger partial charge in [-0.3, -0.25) is 14.2 Å². The molecule has 0 aliphatic carbocycles. The van der Waals surface area contributed by atoms with Crippen LogP contribution in [0.3, 0.4) is 0 Å². The maximum Gasteiger partial charge on any atom is 0.267 e. The Bertz CT molecular complexity index is 1280. The molecule has 1 N–H and O–H groups in total. The largest absolute Gasteiger partial charge is 0.325 e. The van der Waals surface area contributed by atoms with Crippen molar-refractivity contribution in [3.05, 3.63) is 79.9 Å². The summed E-state index contributed by atoms with van der Waals surface area (Å²) in [6.45, 7) is 3.94. The maximum atomic E-state index is 13.4. The normalized spacial score (nSPS) is 11.0. The molecule has 2 aromatic carbocycles. The summed E-state index contributed by atoms with van der Waals surface area (Å²) in [5, 5.41) is 4.02. The summed E-state index contributed by atoms with van der Waals surface area (Å²) in [5.74, 6) is -0.0145. The summed E-state index contributed by atoms with van der Waals surface area (Å²) in [4.78, 5) is 32.4. The van der Waals surface area contributed by atoms with Crippen molar-refractivity contribution in [2.75, 3.05) is 11.1 Å². The second-order valence-corrected chi connectivity index (χ2v) is 9.74. The third-order valence-electron chi connectivity index (χ3n) is 4.65. The molecule has 2 heterocycles. The van der Waals surface area contributed by atoms with Crippen LogP contribution in [0.25, 0.3) is 15.9 Å². The molecule has 0 saturated heterocycles. The Morgan fingerprint density at radius 3 is 2.53 bits per heavy atom. The third-order valence-corrected chi connectivity index (χ3v) is 7.22. The number of rotatable bonds is 5. The number of aromatic nitrogens is 2. The fraction of sp³-hybridized carbons (Fsp3) is 0.136. The number of aryl methyl sites for hydroxylation is 2. The van der Waals surface area contributed by atoms with Crippen LogP contribution < -0.4 is 10.9 Å². The number of thiophene rings is 1. The Hall–Kier alpha value is -2.42. The van der Waals surface area contributed by atoms with E-state index in [4.69, 9.17) is 4.98 Å². The number of hydrogen-bond acceptors (Lipinski definition) is 5. The van der Waals surface area contributed by atoms with Crippen LogP contribution in [0.2, 0.25) is 0 Å². The van der Waals surface area contributed by atoms with Gasteiger partial charge >= 0.3 is 0 Å². The number of thioether (sulfide) groups is 1. The molecule has 1 amide bonds. The van der Waals surface area contributed by atoms with Gasteiger partial charge in [0.25, 0.3) is 5.56 Å². The molecule has 0 spiro atoms. The van der Waals surface area contributed by atoms with E-state index in [0.29, 0.717) is 15.4 Å². The molecule has 0 bridgehead atoms. The lowest BCUT2D eigenvalue weighted by molar-refractivity contribution is -0.113. The van der Waals surface area contributed by atoms with E-state index >= 15 is 0 Å². The van der Waals surface area contributed by atoms with Crippen LogP contribution in [0.15, 0.2) is 69.0 Å². The molecule has 5 nitrogen and oxygen atoms in total. The number of nitrogens with one attached hydrogen (secondary N) is 1. The zero-order valence-electron chi connectivity index (χ0n) is 16.3. The van der Waals surface area contributed by atoms with Gasteiger partial charge in [0.1, 0.15) is 4.83 Å². The Balaban J connectivity index is 1.68. The van der Waals surface area contributed by atoms with Gasteiger partial charge in [-0.25, -0.2) is 4.98 Å². The van der Waals surface area contributed by atoms with Crippen LogP contribution in [-0.4, -0.2) is 21.2 Å². The fourth-order valence-corrected chi connectivity index (χ4v) is 5.18. The summed E-state index contributed by atoms with van der Waals surface area (Å²) in [7, 11) is 0. The van der Waals surface area contributed by atoms with E-state index in [2.05, 4.69) is 21.2 Å². The predicted octanol–water partition coefficient (Wildman–Crippen LogP) is 5.56. The molecule has 152 valence electrons. The molecule has 2 aromatic heterocycles. The first-order valence-corrected chi connectivity index (χ1v) is 11.8. The molecular weight excluding hydrogens is 482 g/mol. The van der Waals surface area contributed by atoms with Gasteiger partial charge in [-0.15, -0.1) is 11.3 Å². The molecule has 8 heteroatoms.